The van der Waals surface area contributed by atoms with Crippen molar-refractivity contribution in [1.82, 2.24) is 15.0 Å². The number of carbonyl (C=O) groups is 1. The lowest BCUT2D eigenvalue weighted by molar-refractivity contribution is 0.0788. The number of carbonyl (C=O) groups excluding carboxylic acids is 1. The molecule has 1 fully saturated rings. The number of thiophene rings is 1. The van der Waals surface area contributed by atoms with Gasteiger partial charge in [0.15, 0.2) is 5.82 Å². The number of aryl methyl sites for hydroxylation is 1. The van der Waals surface area contributed by atoms with Crippen LogP contribution in [-0.2, 0) is 0 Å². The highest BCUT2D eigenvalue weighted by Crippen LogP contribution is 2.39. The maximum absolute atomic E-state index is 12.7. The van der Waals surface area contributed by atoms with Crippen LogP contribution in [0, 0.1) is 6.92 Å². The van der Waals surface area contributed by atoms with Gasteiger partial charge in [-0.15, -0.1) is 0 Å². The summed E-state index contributed by atoms with van der Waals surface area (Å²) >= 11 is 1.54. The maximum atomic E-state index is 12.7. The zero-order chi connectivity index (χ0) is 16.5. The summed E-state index contributed by atoms with van der Waals surface area (Å²) in [5.41, 5.74) is 1.94. The van der Waals surface area contributed by atoms with Gasteiger partial charge in [-0.3, -0.25) is 4.79 Å². The van der Waals surface area contributed by atoms with E-state index < -0.39 is 0 Å². The van der Waals surface area contributed by atoms with Crippen LogP contribution < -0.4 is 0 Å². The Kier molecular flexibility index (Phi) is 3.90. The number of benzene rings is 1. The fraction of sp³-hybridized carbons (Fsp3) is 0.278. The van der Waals surface area contributed by atoms with Gasteiger partial charge in [-0.1, -0.05) is 35.5 Å². The molecule has 0 saturated carbocycles. The van der Waals surface area contributed by atoms with Crippen molar-refractivity contribution in [3.63, 3.8) is 0 Å². The lowest BCUT2D eigenvalue weighted by Crippen LogP contribution is -2.28. The highest BCUT2D eigenvalue weighted by molar-refractivity contribution is 7.08. The molecule has 3 heterocycles. The Morgan fingerprint density at radius 1 is 1.21 bits per heavy atom. The summed E-state index contributed by atoms with van der Waals surface area (Å²) in [6, 6.07) is 12.1. The molecule has 24 heavy (non-hydrogen) atoms. The molecular weight excluding hydrogens is 322 g/mol. The lowest BCUT2D eigenvalue weighted by atomic mass is 9.89. The van der Waals surface area contributed by atoms with E-state index >= 15 is 0 Å². The Morgan fingerprint density at radius 3 is 2.67 bits per heavy atom. The molecule has 1 aliphatic rings. The predicted octanol–water partition coefficient (Wildman–Crippen LogP) is 3.46. The zero-order valence-corrected chi connectivity index (χ0v) is 14.1. The van der Waals surface area contributed by atoms with E-state index in [0.29, 0.717) is 24.8 Å². The molecule has 0 N–H and O–H groups in total. The molecule has 1 saturated heterocycles. The molecule has 0 bridgehead atoms. The van der Waals surface area contributed by atoms with E-state index in [4.69, 9.17) is 4.52 Å². The van der Waals surface area contributed by atoms with E-state index in [1.165, 1.54) is 16.9 Å². The maximum Gasteiger partial charge on any atom is 0.254 e. The third kappa shape index (κ3) is 2.73. The van der Waals surface area contributed by atoms with E-state index in [1.54, 1.807) is 0 Å². The summed E-state index contributed by atoms with van der Waals surface area (Å²) < 4.78 is 5.42. The van der Waals surface area contributed by atoms with Crippen molar-refractivity contribution in [2.24, 2.45) is 0 Å². The van der Waals surface area contributed by atoms with Gasteiger partial charge >= 0.3 is 0 Å². The normalized spacial score (nSPS) is 20.5. The molecule has 4 rings (SSSR count). The minimum Gasteiger partial charge on any atom is -0.339 e. The second kappa shape index (κ2) is 6.20. The third-order valence-corrected chi connectivity index (χ3v) is 5.15. The number of hydrogen-bond acceptors (Lipinski definition) is 5. The molecule has 6 heteroatoms. The molecule has 3 aromatic rings. The fourth-order valence-corrected chi connectivity index (χ4v) is 3.92. The van der Waals surface area contributed by atoms with E-state index in [0.717, 1.165) is 5.56 Å². The van der Waals surface area contributed by atoms with Gasteiger partial charge in [0.2, 0.25) is 5.89 Å². The van der Waals surface area contributed by atoms with Crippen molar-refractivity contribution in [1.29, 1.82) is 0 Å². The van der Waals surface area contributed by atoms with Crippen LogP contribution in [-0.4, -0.2) is 34.0 Å². The number of hydrogen-bond donors (Lipinski definition) is 0. The number of aromatic nitrogens is 2. The molecule has 2 aromatic heterocycles. The highest BCUT2D eigenvalue weighted by atomic mass is 32.1. The van der Waals surface area contributed by atoms with Crippen LogP contribution in [0.1, 0.15) is 39.5 Å². The largest absolute Gasteiger partial charge is 0.339 e. The van der Waals surface area contributed by atoms with Crippen molar-refractivity contribution in [3.05, 3.63) is 70.0 Å². The number of amides is 1. The van der Waals surface area contributed by atoms with Crippen molar-refractivity contribution in [2.75, 3.05) is 13.1 Å². The van der Waals surface area contributed by atoms with Gasteiger partial charge in [0, 0.05) is 24.4 Å². The molecule has 0 radical (unpaired) electrons. The Morgan fingerprint density at radius 2 is 2.00 bits per heavy atom. The molecule has 2 atom stereocenters. The first kappa shape index (κ1) is 15.1. The molecule has 122 valence electrons. The third-order valence-electron chi connectivity index (χ3n) is 4.46. The molecule has 2 unspecified atom stereocenters. The average molecular weight is 339 g/mol. The van der Waals surface area contributed by atoms with Crippen LogP contribution in [0.4, 0.5) is 0 Å². The van der Waals surface area contributed by atoms with E-state index in [1.807, 2.05) is 46.8 Å². The van der Waals surface area contributed by atoms with E-state index in [2.05, 4.69) is 22.3 Å². The summed E-state index contributed by atoms with van der Waals surface area (Å²) in [5.74, 6) is 1.49. The second-order valence-electron chi connectivity index (χ2n) is 6.03. The van der Waals surface area contributed by atoms with Gasteiger partial charge in [-0.05, 0) is 23.9 Å². The summed E-state index contributed by atoms with van der Waals surface area (Å²) in [5, 5.41) is 7.74. The van der Waals surface area contributed by atoms with E-state index in [-0.39, 0.29) is 17.7 Å². The van der Waals surface area contributed by atoms with Crippen LogP contribution in [0.3, 0.4) is 0 Å². The van der Waals surface area contributed by atoms with Crippen molar-refractivity contribution in [3.8, 4) is 0 Å². The number of rotatable bonds is 3. The smallest absolute Gasteiger partial charge is 0.254 e. The predicted molar refractivity (Wildman–Crippen MR) is 91.2 cm³/mol. The molecule has 5 nitrogen and oxygen atoms in total. The molecular formula is C18H17N3O2S. The van der Waals surface area contributed by atoms with Crippen molar-refractivity contribution in [2.45, 2.75) is 18.8 Å². The summed E-state index contributed by atoms with van der Waals surface area (Å²) in [6.45, 7) is 3.06. The first-order valence-electron chi connectivity index (χ1n) is 7.89. The number of likely N-dealkylation sites (tertiary alicyclic amines) is 1. The number of nitrogens with zero attached hydrogens (tertiary/aromatic N) is 3. The molecule has 1 aromatic carbocycles. The molecule has 0 spiro atoms. The minimum atomic E-state index is 0.0242. The lowest BCUT2D eigenvalue weighted by Gasteiger charge is -2.16. The monoisotopic (exact) mass is 339 g/mol. The van der Waals surface area contributed by atoms with Crippen LogP contribution in [0.2, 0.25) is 0 Å². The first-order valence-corrected chi connectivity index (χ1v) is 8.83. The first-order chi connectivity index (χ1) is 11.7. The summed E-state index contributed by atoms with van der Waals surface area (Å²) in [6.07, 6.45) is 0. The zero-order valence-electron chi connectivity index (χ0n) is 13.3. The second-order valence-corrected chi connectivity index (χ2v) is 6.81. The van der Waals surface area contributed by atoms with Gasteiger partial charge in [-0.25, -0.2) is 0 Å². The molecule has 1 aliphatic heterocycles. The summed E-state index contributed by atoms with van der Waals surface area (Å²) in [4.78, 5) is 19.0. The van der Waals surface area contributed by atoms with Crippen molar-refractivity contribution < 1.29 is 9.32 Å². The molecule has 0 aliphatic carbocycles. The van der Waals surface area contributed by atoms with Gasteiger partial charge in [0.05, 0.1) is 11.5 Å². The van der Waals surface area contributed by atoms with Gasteiger partial charge in [-0.2, -0.15) is 16.3 Å². The summed E-state index contributed by atoms with van der Waals surface area (Å²) in [7, 11) is 0. The quantitative estimate of drug-likeness (QED) is 0.733. The Hall–Kier alpha value is -2.47. The average Bonchev–Trinajstić information content (AvgIpc) is 3.35. The Balaban J connectivity index is 1.66. The Bertz CT molecular complexity index is 829. The Labute approximate surface area is 143 Å². The minimum absolute atomic E-state index is 0.0242. The van der Waals surface area contributed by atoms with Crippen molar-refractivity contribution >= 4 is 17.2 Å². The molecule has 1 amide bonds. The van der Waals surface area contributed by atoms with Gasteiger partial charge < -0.3 is 9.42 Å². The van der Waals surface area contributed by atoms with Crippen LogP contribution in [0.5, 0.6) is 0 Å². The standard InChI is InChI=1S/C18H17N3O2S/c1-12-19-17(23-20-12)16-10-21(18(22)14-7-8-24-11-14)9-15(16)13-5-3-2-4-6-13/h2-8,11,15-16H,9-10H2,1H3. The fourth-order valence-electron chi connectivity index (χ4n) is 3.29. The van der Waals surface area contributed by atoms with Crippen LogP contribution in [0.15, 0.2) is 51.7 Å². The van der Waals surface area contributed by atoms with Crippen LogP contribution in [0.25, 0.3) is 0 Å². The topological polar surface area (TPSA) is 59.2 Å². The van der Waals surface area contributed by atoms with Crippen LogP contribution >= 0.6 is 11.3 Å². The van der Waals surface area contributed by atoms with Gasteiger partial charge in [0.25, 0.3) is 5.91 Å². The van der Waals surface area contributed by atoms with Gasteiger partial charge in [0.1, 0.15) is 0 Å². The SMILES string of the molecule is Cc1noc(C2CN(C(=O)c3ccsc3)CC2c2ccccc2)n1. The van der Waals surface area contributed by atoms with E-state index in [9.17, 15) is 4.79 Å². The highest BCUT2D eigenvalue weighted by Gasteiger charge is 2.40.